The van der Waals surface area contributed by atoms with E-state index in [0.29, 0.717) is 17.9 Å². The fraction of sp³-hybridized carbons (Fsp3) is 0.333. The van der Waals surface area contributed by atoms with Crippen LogP contribution in [0, 0.1) is 12.7 Å². The third kappa shape index (κ3) is 5.30. The van der Waals surface area contributed by atoms with Crippen molar-refractivity contribution in [2.45, 2.75) is 39.3 Å². The van der Waals surface area contributed by atoms with Crippen molar-refractivity contribution in [2.75, 3.05) is 19.7 Å². The molecule has 0 N–H and O–H groups in total. The van der Waals surface area contributed by atoms with Crippen LogP contribution in [0.15, 0.2) is 60.0 Å². The molecule has 1 atom stereocenters. The Labute approximate surface area is 203 Å². The van der Waals surface area contributed by atoms with E-state index in [0.717, 1.165) is 17.5 Å². The number of carbonyl (C=O) groups is 2. The van der Waals surface area contributed by atoms with E-state index in [-0.39, 0.29) is 42.9 Å². The van der Waals surface area contributed by atoms with Crippen molar-refractivity contribution in [1.82, 2.24) is 9.80 Å². The van der Waals surface area contributed by atoms with Gasteiger partial charge in [0.1, 0.15) is 24.7 Å². The van der Waals surface area contributed by atoms with Crippen LogP contribution >= 0.6 is 11.3 Å². The van der Waals surface area contributed by atoms with E-state index in [1.54, 1.807) is 45.4 Å². The molecule has 1 unspecified atom stereocenters. The number of nitrogens with zero attached hydrogens (tertiary/aromatic N) is 2. The number of halogens is 1. The van der Waals surface area contributed by atoms with Gasteiger partial charge in [-0.15, -0.1) is 11.3 Å². The predicted molar refractivity (Wildman–Crippen MR) is 132 cm³/mol. The molecule has 2 amide bonds. The van der Waals surface area contributed by atoms with Gasteiger partial charge in [0, 0.05) is 29.1 Å². The van der Waals surface area contributed by atoms with Gasteiger partial charge in [0.05, 0.1) is 6.04 Å². The van der Waals surface area contributed by atoms with Crippen LogP contribution in [0.2, 0.25) is 0 Å². The Morgan fingerprint density at radius 3 is 2.65 bits per heavy atom. The number of hydrogen-bond donors (Lipinski definition) is 0. The van der Waals surface area contributed by atoms with Crippen molar-refractivity contribution < 1.29 is 18.7 Å². The number of hydrogen-bond acceptors (Lipinski definition) is 4. The molecule has 0 radical (unpaired) electrons. The molecule has 1 aliphatic rings. The van der Waals surface area contributed by atoms with Gasteiger partial charge in [-0.3, -0.25) is 9.59 Å². The molecule has 34 heavy (non-hydrogen) atoms. The number of rotatable bonds is 7. The van der Waals surface area contributed by atoms with Gasteiger partial charge < -0.3 is 14.5 Å². The zero-order valence-corrected chi connectivity index (χ0v) is 20.5. The van der Waals surface area contributed by atoms with Gasteiger partial charge in [0.2, 0.25) is 5.91 Å². The lowest BCUT2D eigenvalue weighted by Gasteiger charge is -2.37. The fourth-order valence-electron chi connectivity index (χ4n) is 4.19. The summed E-state index contributed by atoms with van der Waals surface area (Å²) in [5.74, 6) is -0.233. The van der Waals surface area contributed by atoms with Crippen LogP contribution in [0.25, 0.3) is 0 Å². The highest BCUT2D eigenvalue weighted by atomic mass is 32.1. The average molecular weight is 481 g/mol. The molecule has 1 aliphatic heterocycles. The molecule has 0 saturated carbocycles. The summed E-state index contributed by atoms with van der Waals surface area (Å²) in [6, 6.07) is 15.0. The second-order valence-electron chi connectivity index (χ2n) is 8.81. The molecule has 0 aliphatic carbocycles. The lowest BCUT2D eigenvalue weighted by Crippen LogP contribution is -2.49. The third-order valence-corrected chi connectivity index (χ3v) is 7.10. The highest BCUT2D eigenvalue weighted by Gasteiger charge is 2.34. The van der Waals surface area contributed by atoms with Gasteiger partial charge in [-0.25, -0.2) is 4.39 Å². The smallest absolute Gasteiger partial charge is 0.254 e. The van der Waals surface area contributed by atoms with Gasteiger partial charge in [0.25, 0.3) is 5.91 Å². The number of aryl methyl sites for hydroxylation is 1. The number of fused-ring (bicyclic) bond motifs is 1. The van der Waals surface area contributed by atoms with Crippen molar-refractivity contribution in [1.29, 1.82) is 0 Å². The fourth-order valence-corrected chi connectivity index (χ4v) is 5.12. The predicted octanol–water partition coefficient (Wildman–Crippen LogP) is 5.25. The number of amides is 2. The number of ether oxygens (including phenoxy) is 1. The molecule has 2 heterocycles. The summed E-state index contributed by atoms with van der Waals surface area (Å²) >= 11 is 1.67. The molecule has 0 bridgehead atoms. The molecule has 1 aromatic heterocycles. The van der Waals surface area contributed by atoms with Crippen LogP contribution in [-0.4, -0.2) is 47.4 Å². The van der Waals surface area contributed by atoms with Crippen LogP contribution < -0.4 is 4.74 Å². The molecule has 0 fully saturated rings. The first-order valence-corrected chi connectivity index (χ1v) is 12.3. The lowest BCUT2D eigenvalue weighted by molar-refractivity contribution is -0.136. The van der Waals surface area contributed by atoms with E-state index in [1.165, 1.54) is 17.0 Å². The van der Waals surface area contributed by atoms with E-state index in [1.807, 2.05) is 44.4 Å². The molecule has 7 heteroatoms. The standard InChI is InChI=1S/C27H29FN2O3S/c1-18(2)30(27(32)20-9-7-19(3)8-10-20)16-26(31)29-13-11-25-23(12-14-34-25)24(29)17-33-22-6-4-5-21(28)15-22/h4-10,12,14-15,18,24H,11,13,16-17H2,1-3H3. The average Bonchev–Trinajstić information content (AvgIpc) is 3.30. The molecule has 0 spiro atoms. The Balaban J connectivity index is 1.53. The number of benzene rings is 2. The van der Waals surface area contributed by atoms with E-state index in [4.69, 9.17) is 4.74 Å². The van der Waals surface area contributed by atoms with E-state index in [9.17, 15) is 14.0 Å². The summed E-state index contributed by atoms with van der Waals surface area (Å²) in [6.07, 6.45) is 0.767. The molecule has 2 aromatic carbocycles. The van der Waals surface area contributed by atoms with Crippen LogP contribution in [0.3, 0.4) is 0 Å². The van der Waals surface area contributed by atoms with Crippen LogP contribution in [0.5, 0.6) is 5.75 Å². The zero-order valence-electron chi connectivity index (χ0n) is 19.7. The quantitative estimate of drug-likeness (QED) is 0.464. The van der Waals surface area contributed by atoms with E-state index < -0.39 is 0 Å². The second-order valence-corrected chi connectivity index (χ2v) is 9.81. The minimum atomic E-state index is -0.368. The Morgan fingerprint density at radius 2 is 1.94 bits per heavy atom. The molecule has 0 saturated heterocycles. The lowest BCUT2D eigenvalue weighted by atomic mass is 10.00. The van der Waals surface area contributed by atoms with Crippen molar-refractivity contribution in [3.8, 4) is 5.75 Å². The summed E-state index contributed by atoms with van der Waals surface area (Å²) in [5, 5.41) is 2.02. The zero-order chi connectivity index (χ0) is 24.2. The van der Waals surface area contributed by atoms with Crippen LogP contribution in [0.1, 0.15) is 46.3 Å². The first kappa shape index (κ1) is 24.0. The third-order valence-electron chi connectivity index (χ3n) is 6.11. The molecule has 178 valence electrons. The van der Waals surface area contributed by atoms with Crippen molar-refractivity contribution in [3.63, 3.8) is 0 Å². The van der Waals surface area contributed by atoms with E-state index in [2.05, 4.69) is 0 Å². The Kier molecular flexibility index (Phi) is 7.32. The maximum Gasteiger partial charge on any atom is 0.254 e. The summed E-state index contributed by atoms with van der Waals surface area (Å²) < 4.78 is 19.5. The topological polar surface area (TPSA) is 49.9 Å². The molecular formula is C27H29FN2O3S. The van der Waals surface area contributed by atoms with Crippen molar-refractivity contribution in [3.05, 3.63) is 87.4 Å². The Bertz CT molecular complexity index is 1160. The number of thiophene rings is 1. The maximum absolute atomic E-state index is 13.6. The number of carbonyl (C=O) groups excluding carboxylic acids is 2. The van der Waals surface area contributed by atoms with Gasteiger partial charge in [-0.2, -0.15) is 0 Å². The SMILES string of the molecule is Cc1ccc(C(=O)N(CC(=O)N2CCc3sccc3C2COc2cccc(F)c2)C(C)C)cc1. The first-order chi connectivity index (χ1) is 16.3. The normalized spacial score (nSPS) is 15.2. The monoisotopic (exact) mass is 480 g/mol. The van der Waals surface area contributed by atoms with Gasteiger partial charge >= 0.3 is 0 Å². The molecule has 4 rings (SSSR count). The molecular weight excluding hydrogens is 451 g/mol. The van der Waals surface area contributed by atoms with E-state index >= 15 is 0 Å². The summed E-state index contributed by atoms with van der Waals surface area (Å²) in [5.41, 5.74) is 2.70. The summed E-state index contributed by atoms with van der Waals surface area (Å²) in [6.45, 7) is 6.55. The second kappa shape index (κ2) is 10.4. The summed E-state index contributed by atoms with van der Waals surface area (Å²) in [4.78, 5) is 31.4. The maximum atomic E-state index is 13.6. The minimum Gasteiger partial charge on any atom is -0.491 e. The Morgan fingerprint density at radius 1 is 1.18 bits per heavy atom. The van der Waals surface area contributed by atoms with Crippen molar-refractivity contribution >= 4 is 23.2 Å². The van der Waals surface area contributed by atoms with Gasteiger partial charge in [-0.05, 0) is 68.5 Å². The highest BCUT2D eigenvalue weighted by Crippen LogP contribution is 2.34. The molecule has 3 aromatic rings. The van der Waals surface area contributed by atoms with Gasteiger partial charge in [0.15, 0.2) is 0 Å². The highest BCUT2D eigenvalue weighted by molar-refractivity contribution is 7.10. The largest absolute Gasteiger partial charge is 0.491 e. The molecule has 5 nitrogen and oxygen atoms in total. The Hall–Kier alpha value is -3.19. The van der Waals surface area contributed by atoms with Crippen LogP contribution in [-0.2, 0) is 11.2 Å². The van der Waals surface area contributed by atoms with Crippen molar-refractivity contribution in [2.24, 2.45) is 0 Å². The van der Waals surface area contributed by atoms with Crippen LogP contribution in [0.4, 0.5) is 4.39 Å². The first-order valence-electron chi connectivity index (χ1n) is 11.4. The van der Waals surface area contributed by atoms with Gasteiger partial charge in [-0.1, -0.05) is 23.8 Å². The minimum absolute atomic E-state index is 0.0136. The summed E-state index contributed by atoms with van der Waals surface area (Å²) in [7, 11) is 0.